The van der Waals surface area contributed by atoms with Gasteiger partial charge >= 0.3 is 0 Å². The van der Waals surface area contributed by atoms with Crippen LogP contribution in [0.2, 0.25) is 0 Å². The zero-order valence-corrected chi connectivity index (χ0v) is 5.58. The first-order chi connectivity index (χ1) is 4.90. The van der Waals surface area contributed by atoms with Gasteiger partial charge in [-0.2, -0.15) is 0 Å². The third-order valence-corrected chi connectivity index (χ3v) is 1.70. The second kappa shape index (κ2) is 2.09. The van der Waals surface area contributed by atoms with Gasteiger partial charge in [0.2, 0.25) is 5.89 Å². The molecule has 1 aliphatic carbocycles. The predicted octanol–water partition coefficient (Wildman–Crippen LogP) is 1.04. The van der Waals surface area contributed by atoms with Gasteiger partial charge in [0.15, 0.2) is 0 Å². The standard InChI is InChI=1S/C7H9NO2/c9-3-7-8-6(4-10-7)5-1-2-5/h4-5,9H,1-3H2. The average molecular weight is 139 g/mol. The lowest BCUT2D eigenvalue weighted by atomic mass is 10.3. The van der Waals surface area contributed by atoms with Crippen LogP contribution >= 0.6 is 0 Å². The van der Waals surface area contributed by atoms with E-state index in [1.54, 1.807) is 6.26 Å². The highest BCUT2D eigenvalue weighted by molar-refractivity contribution is 5.10. The fourth-order valence-corrected chi connectivity index (χ4v) is 0.964. The van der Waals surface area contributed by atoms with E-state index in [0.717, 1.165) is 5.69 Å². The van der Waals surface area contributed by atoms with Crippen LogP contribution in [0.25, 0.3) is 0 Å². The van der Waals surface area contributed by atoms with Gasteiger partial charge in [0, 0.05) is 5.92 Å². The molecule has 1 N–H and O–H groups in total. The third-order valence-electron chi connectivity index (χ3n) is 1.70. The normalized spacial score (nSPS) is 17.7. The molecule has 1 fully saturated rings. The molecular formula is C7H9NO2. The van der Waals surface area contributed by atoms with Crippen molar-refractivity contribution in [2.75, 3.05) is 0 Å². The Bertz CT molecular complexity index is 227. The van der Waals surface area contributed by atoms with Crippen LogP contribution in [-0.4, -0.2) is 10.1 Å². The van der Waals surface area contributed by atoms with E-state index in [-0.39, 0.29) is 6.61 Å². The van der Waals surface area contributed by atoms with Crippen LogP contribution in [0.3, 0.4) is 0 Å². The van der Waals surface area contributed by atoms with Crippen molar-refractivity contribution in [3.63, 3.8) is 0 Å². The van der Waals surface area contributed by atoms with E-state index in [1.165, 1.54) is 12.8 Å². The van der Waals surface area contributed by atoms with Gasteiger partial charge in [-0.3, -0.25) is 0 Å². The van der Waals surface area contributed by atoms with Crippen LogP contribution in [-0.2, 0) is 6.61 Å². The molecule has 0 radical (unpaired) electrons. The molecule has 54 valence electrons. The number of rotatable bonds is 2. The SMILES string of the molecule is OCc1nc(C2CC2)co1. The smallest absolute Gasteiger partial charge is 0.219 e. The number of aromatic nitrogens is 1. The van der Waals surface area contributed by atoms with Crippen LogP contribution in [0.15, 0.2) is 10.7 Å². The maximum atomic E-state index is 8.60. The van der Waals surface area contributed by atoms with Crippen LogP contribution in [0.1, 0.15) is 30.3 Å². The Hall–Kier alpha value is -0.830. The van der Waals surface area contributed by atoms with Crippen molar-refractivity contribution >= 4 is 0 Å². The van der Waals surface area contributed by atoms with Crippen LogP contribution in [0.4, 0.5) is 0 Å². The highest BCUT2D eigenvalue weighted by Crippen LogP contribution is 2.39. The van der Waals surface area contributed by atoms with E-state index in [2.05, 4.69) is 4.98 Å². The fraction of sp³-hybridized carbons (Fsp3) is 0.571. The number of oxazole rings is 1. The van der Waals surface area contributed by atoms with Gasteiger partial charge in [0.05, 0.1) is 5.69 Å². The quantitative estimate of drug-likeness (QED) is 0.666. The molecule has 0 spiro atoms. The van der Waals surface area contributed by atoms with Crippen LogP contribution in [0, 0.1) is 0 Å². The van der Waals surface area contributed by atoms with Crippen LogP contribution < -0.4 is 0 Å². The summed E-state index contributed by atoms with van der Waals surface area (Å²) in [6, 6.07) is 0. The summed E-state index contributed by atoms with van der Waals surface area (Å²) in [4.78, 5) is 4.07. The Morgan fingerprint density at radius 3 is 3.00 bits per heavy atom. The Morgan fingerprint density at radius 1 is 1.70 bits per heavy atom. The summed E-state index contributed by atoms with van der Waals surface area (Å²) in [5.41, 5.74) is 1.00. The van der Waals surface area contributed by atoms with Gasteiger partial charge in [-0.15, -0.1) is 0 Å². The minimum atomic E-state index is -0.0906. The van der Waals surface area contributed by atoms with Gasteiger partial charge in [0.1, 0.15) is 12.9 Å². The first-order valence-electron chi connectivity index (χ1n) is 3.45. The fourth-order valence-electron chi connectivity index (χ4n) is 0.964. The molecule has 0 aliphatic heterocycles. The summed E-state index contributed by atoms with van der Waals surface area (Å²) < 4.78 is 4.95. The zero-order chi connectivity index (χ0) is 6.97. The van der Waals surface area contributed by atoms with Crippen molar-refractivity contribution < 1.29 is 9.52 Å². The van der Waals surface area contributed by atoms with E-state index in [9.17, 15) is 0 Å². The largest absolute Gasteiger partial charge is 0.446 e. The summed E-state index contributed by atoms with van der Waals surface area (Å²) in [7, 11) is 0. The third kappa shape index (κ3) is 0.926. The number of nitrogens with zero attached hydrogens (tertiary/aromatic N) is 1. The summed E-state index contributed by atoms with van der Waals surface area (Å²) in [6.07, 6.45) is 4.08. The maximum Gasteiger partial charge on any atom is 0.219 e. The molecule has 2 rings (SSSR count). The van der Waals surface area contributed by atoms with Gasteiger partial charge in [-0.05, 0) is 12.8 Å². The lowest BCUT2D eigenvalue weighted by Crippen LogP contribution is -1.83. The molecule has 0 saturated heterocycles. The number of aliphatic hydroxyl groups excluding tert-OH is 1. The minimum Gasteiger partial charge on any atom is -0.446 e. The molecule has 1 aliphatic rings. The summed E-state index contributed by atoms with van der Waals surface area (Å²) in [6.45, 7) is -0.0906. The Kier molecular flexibility index (Phi) is 1.24. The Balaban J connectivity index is 2.19. The lowest BCUT2D eigenvalue weighted by molar-refractivity contribution is 0.240. The highest BCUT2D eigenvalue weighted by atomic mass is 16.4. The van der Waals surface area contributed by atoms with Crippen molar-refractivity contribution in [2.45, 2.75) is 25.4 Å². The predicted molar refractivity (Wildman–Crippen MR) is 34.4 cm³/mol. The van der Waals surface area contributed by atoms with Crippen molar-refractivity contribution in [3.05, 3.63) is 17.8 Å². The van der Waals surface area contributed by atoms with E-state index in [1.807, 2.05) is 0 Å². The van der Waals surface area contributed by atoms with Crippen molar-refractivity contribution in [2.24, 2.45) is 0 Å². The summed E-state index contributed by atoms with van der Waals surface area (Å²) in [5, 5.41) is 8.60. The second-order valence-electron chi connectivity index (χ2n) is 2.60. The first kappa shape index (κ1) is 5.92. The van der Waals surface area contributed by atoms with E-state index >= 15 is 0 Å². The van der Waals surface area contributed by atoms with Gasteiger partial charge in [-0.1, -0.05) is 0 Å². The molecule has 1 aromatic rings. The monoisotopic (exact) mass is 139 g/mol. The molecule has 3 heteroatoms. The number of hydrogen-bond acceptors (Lipinski definition) is 3. The maximum absolute atomic E-state index is 8.60. The Labute approximate surface area is 58.7 Å². The molecule has 0 atom stereocenters. The number of aliphatic hydroxyl groups is 1. The molecule has 0 unspecified atom stereocenters. The summed E-state index contributed by atoms with van der Waals surface area (Å²) in [5.74, 6) is 1.05. The lowest BCUT2D eigenvalue weighted by Gasteiger charge is -1.82. The molecule has 1 aromatic heterocycles. The average Bonchev–Trinajstić information content (AvgIpc) is 2.70. The van der Waals surface area contributed by atoms with E-state index in [0.29, 0.717) is 11.8 Å². The highest BCUT2D eigenvalue weighted by Gasteiger charge is 2.26. The molecule has 1 saturated carbocycles. The van der Waals surface area contributed by atoms with Gasteiger partial charge < -0.3 is 9.52 Å². The second-order valence-corrected chi connectivity index (χ2v) is 2.60. The zero-order valence-electron chi connectivity index (χ0n) is 5.58. The van der Waals surface area contributed by atoms with E-state index < -0.39 is 0 Å². The molecule has 1 heterocycles. The molecular weight excluding hydrogens is 130 g/mol. The molecule has 0 aromatic carbocycles. The first-order valence-corrected chi connectivity index (χ1v) is 3.45. The number of hydrogen-bond donors (Lipinski definition) is 1. The minimum absolute atomic E-state index is 0.0906. The van der Waals surface area contributed by atoms with Crippen LogP contribution in [0.5, 0.6) is 0 Å². The van der Waals surface area contributed by atoms with Gasteiger partial charge in [-0.25, -0.2) is 4.98 Å². The molecule has 3 nitrogen and oxygen atoms in total. The van der Waals surface area contributed by atoms with Gasteiger partial charge in [0.25, 0.3) is 0 Å². The summed E-state index contributed by atoms with van der Waals surface area (Å²) >= 11 is 0. The van der Waals surface area contributed by atoms with Crippen molar-refractivity contribution in [3.8, 4) is 0 Å². The van der Waals surface area contributed by atoms with E-state index in [4.69, 9.17) is 9.52 Å². The molecule has 0 amide bonds. The molecule has 0 bridgehead atoms. The Morgan fingerprint density at radius 2 is 2.50 bits per heavy atom. The topological polar surface area (TPSA) is 46.3 Å². The molecule has 10 heavy (non-hydrogen) atoms. The van der Waals surface area contributed by atoms with Crippen molar-refractivity contribution in [1.82, 2.24) is 4.98 Å². The van der Waals surface area contributed by atoms with Crippen molar-refractivity contribution in [1.29, 1.82) is 0 Å².